The van der Waals surface area contributed by atoms with Gasteiger partial charge in [-0.15, -0.1) is 0 Å². The smallest absolute Gasteiger partial charge is 0.416 e. The molecular formula is C34H34F3NO9. The predicted molar refractivity (Wildman–Crippen MR) is 164 cm³/mol. The van der Waals surface area contributed by atoms with Gasteiger partial charge >= 0.3 is 18.1 Å². The summed E-state index contributed by atoms with van der Waals surface area (Å²) in [4.78, 5) is 40.3. The summed E-state index contributed by atoms with van der Waals surface area (Å²) < 4.78 is 71.9. The predicted octanol–water partition coefficient (Wildman–Crippen LogP) is 7.12. The molecule has 0 spiro atoms. The SMILES string of the molecule is CCOC(COC(=O)c1ccc2[nH]cc(C(=O)CCC(=O)OC)c2c1)(COc1ccc(Oc2ccc(C(F)(F)F)cc2)cc1)OCC. The van der Waals surface area contributed by atoms with Crippen LogP contribution in [0.4, 0.5) is 13.2 Å². The lowest BCUT2D eigenvalue weighted by Gasteiger charge is -2.32. The minimum atomic E-state index is -4.44. The average Bonchev–Trinajstić information content (AvgIpc) is 3.49. The first-order chi connectivity index (χ1) is 22.5. The second-order valence-electron chi connectivity index (χ2n) is 10.2. The highest BCUT2D eigenvalue weighted by atomic mass is 19.4. The summed E-state index contributed by atoms with van der Waals surface area (Å²) in [6.45, 7) is 3.46. The molecule has 3 aromatic carbocycles. The van der Waals surface area contributed by atoms with Gasteiger partial charge in [-0.3, -0.25) is 9.59 Å². The number of fused-ring (bicyclic) bond motifs is 1. The maximum Gasteiger partial charge on any atom is 0.416 e. The summed E-state index contributed by atoms with van der Waals surface area (Å²) in [7, 11) is 1.25. The fourth-order valence-electron chi connectivity index (χ4n) is 4.61. The number of halogens is 3. The van der Waals surface area contributed by atoms with Crippen LogP contribution >= 0.6 is 0 Å². The van der Waals surface area contributed by atoms with E-state index in [4.69, 9.17) is 23.7 Å². The lowest BCUT2D eigenvalue weighted by molar-refractivity contribution is -0.262. The molecule has 1 heterocycles. The number of ketones is 1. The van der Waals surface area contributed by atoms with Gasteiger partial charge in [0, 0.05) is 42.3 Å². The number of carbonyl (C=O) groups is 3. The molecule has 0 radical (unpaired) electrons. The maximum atomic E-state index is 13.1. The third-order valence-corrected chi connectivity index (χ3v) is 6.94. The Bertz CT molecular complexity index is 1660. The lowest BCUT2D eigenvalue weighted by Crippen LogP contribution is -2.47. The first-order valence-electron chi connectivity index (χ1n) is 14.7. The van der Waals surface area contributed by atoms with E-state index < -0.39 is 29.5 Å². The number of esters is 2. The largest absolute Gasteiger partial charge is 0.488 e. The zero-order valence-electron chi connectivity index (χ0n) is 26.0. The van der Waals surface area contributed by atoms with Crippen LogP contribution in [-0.2, 0) is 29.9 Å². The number of ether oxygens (including phenoxy) is 6. The number of benzene rings is 3. The second kappa shape index (κ2) is 15.6. The second-order valence-corrected chi connectivity index (χ2v) is 10.2. The van der Waals surface area contributed by atoms with Gasteiger partial charge in [-0.05, 0) is 80.6 Å². The van der Waals surface area contributed by atoms with Crippen molar-refractivity contribution in [3.05, 3.63) is 89.6 Å². The van der Waals surface area contributed by atoms with Crippen LogP contribution in [0.15, 0.2) is 72.9 Å². The van der Waals surface area contributed by atoms with Gasteiger partial charge in [0.05, 0.1) is 24.7 Å². The molecule has 0 fully saturated rings. The number of aromatic nitrogens is 1. The van der Waals surface area contributed by atoms with Crippen molar-refractivity contribution >= 4 is 28.6 Å². The number of aromatic amines is 1. The van der Waals surface area contributed by atoms with E-state index in [2.05, 4.69) is 9.72 Å². The van der Waals surface area contributed by atoms with Crippen LogP contribution in [0.5, 0.6) is 17.2 Å². The normalized spacial score (nSPS) is 11.7. The number of H-pyrrole nitrogens is 1. The lowest BCUT2D eigenvalue weighted by atomic mass is 10.0. The topological polar surface area (TPSA) is 122 Å². The Morgan fingerprint density at radius 2 is 1.40 bits per heavy atom. The molecule has 10 nitrogen and oxygen atoms in total. The van der Waals surface area contributed by atoms with Crippen LogP contribution in [0.1, 0.15) is 53.0 Å². The molecule has 250 valence electrons. The van der Waals surface area contributed by atoms with E-state index in [0.717, 1.165) is 12.1 Å². The molecule has 0 atom stereocenters. The Balaban J connectivity index is 1.40. The molecule has 4 aromatic rings. The van der Waals surface area contributed by atoms with Crippen LogP contribution < -0.4 is 9.47 Å². The number of rotatable bonds is 16. The number of methoxy groups -OCH3 is 1. The van der Waals surface area contributed by atoms with Gasteiger partial charge in [0.1, 0.15) is 30.5 Å². The molecule has 4 rings (SSSR count). The van der Waals surface area contributed by atoms with E-state index >= 15 is 0 Å². The van der Waals surface area contributed by atoms with Crippen molar-refractivity contribution in [1.82, 2.24) is 4.98 Å². The summed E-state index contributed by atoms with van der Waals surface area (Å²) in [5.74, 6) is -1.91. The minimum absolute atomic E-state index is 0.0472. The standard InChI is InChI=1S/C34H34F3NO9/c1-4-45-33(46-5-2,20-43-24-11-13-26(14-12-24)47-25-9-7-23(8-10-25)34(35,36)37)21-44-32(41)22-6-15-29-27(18-22)28(19-38-29)30(39)16-17-31(40)42-3/h6-15,18-19,38H,4-5,16-17,20-21H2,1-3H3. The fourth-order valence-corrected chi connectivity index (χ4v) is 4.61. The van der Waals surface area contributed by atoms with Crippen LogP contribution in [0, 0.1) is 0 Å². The highest BCUT2D eigenvalue weighted by Crippen LogP contribution is 2.32. The number of carbonyl (C=O) groups excluding carboxylic acids is 3. The van der Waals surface area contributed by atoms with Crippen molar-refractivity contribution in [2.45, 2.75) is 38.7 Å². The number of hydrogen-bond acceptors (Lipinski definition) is 9. The molecule has 0 saturated carbocycles. The molecule has 1 aromatic heterocycles. The Morgan fingerprint density at radius 1 is 0.787 bits per heavy atom. The molecule has 0 aliphatic rings. The summed E-state index contributed by atoms with van der Waals surface area (Å²) in [5.41, 5.74) is 0.374. The molecule has 0 unspecified atom stereocenters. The Morgan fingerprint density at radius 3 is 2.00 bits per heavy atom. The van der Waals surface area contributed by atoms with Gasteiger partial charge in [0.25, 0.3) is 0 Å². The van der Waals surface area contributed by atoms with Gasteiger partial charge in [-0.1, -0.05) is 0 Å². The van der Waals surface area contributed by atoms with Gasteiger partial charge in [0.15, 0.2) is 5.78 Å². The molecular weight excluding hydrogens is 623 g/mol. The first-order valence-corrected chi connectivity index (χ1v) is 14.7. The van der Waals surface area contributed by atoms with E-state index in [9.17, 15) is 27.6 Å². The van der Waals surface area contributed by atoms with Gasteiger partial charge in [-0.2, -0.15) is 13.2 Å². The monoisotopic (exact) mass is 657 g/mol. The van der Waals surface area contributed by atoms with E-state index in [1.54, 1.807) is 50.2 Å². The summed E-state index contributed by atoms with van der Waals surface area (Å²) in [6, 6.07) is 15.4. The number of nitrogens with one attached hydrogen (secondary N) is 1. The van der Waals surface area contributed by atoms with E-state index in [1.165, 1.54) is 31.5 Å². The molecule has 13 heteroatoms. The fraction of sp³-hybridized carbons (Fsp3) is 0.324. The molecule has 0 aliphatic carbocycles. The van der Waals surface area contributed by atoms with Crippen molar-refractivity contribution in [3.8, 4) is 17.2 Å². The van der Waals surface area contributed by atoms with Crippen LogP contribution in [-0.4, -0.2) is 62.0 Å². The highest BCUT2D eigenvalue weighted by molar-refractivity contribution is 6.09. The van der Waals surface area contributed by atoms with Gasteiger partial charge < -0.3 is 33.4 Å². The third kappa shape index (κ3) is 9.33. The van der Waals surface area contributed by atoms with Crippen LogP contribution in [0.3, 0.4) is 0 Å². The molecule has 1 N–H and O–H groups in total. The number of hydrogen-bond donors (Lipinski definition) is 1. The van der Waals surface area contributed by atoms with Crippen LogP contribution in [0.25, 0.3) is 10.9 Å². The Hall–Kier alpha value is -4.88. The molecule has 47 heavy (non-hydrogen) atoms. The number of Topliss-reactive ketones (excluding diaryl/α,β-unsaturated/α-hetero) is 1. The highest BCUT2D eigenvalue weighted by Gasteiger charge is 2.35. The molecule has 0 bridgehead atoms. The van der Waals surface area contributed by atoms with E-state index in [1.807, 2.05) is 0 Å². The molecule has 0 aliphatic heterocycles. The van der Waals surface area contributed by atoms with Crippen molar-refractivity contribution in [2.75, 3.05) is 33.5 Å². The summed E-state index contributed by atoms with van der Waals surface area (Å²) in [5, 5.41) is 0.504. The van der Waals surface area contributed by atoms with Crippen molar-refractivity contribution in [3.63, 3.8) is 0 Å². The van der Waals surface area contributed by atoms with E-state index in [-0.39, 0.29) is 56.4 Å². The molecule has 0 saturated heterocycles. The maximum absolute atomic E-state index is 13.1. The first kappa shape index (κ1) is 35.0. The quantitative estimate of drug-likeness (QED) is 0.0762. The Labute approximate surface area is 268 Å². The van der Waals surface area contributed by atoms with E-state index in [0.29, 0.717) is 28.0 Å². The van der Waals surface area contributed by atoms with Crippen molar-refractivity contribution < 1.29 is 56.0 Å². The minimum Gasteiger partial charge on any atom is -0.488 e. The summed E-state index contributed by atoms with van der Waals surface area (Å²) in [6.07, 6.45) is -3.03. The molecule has 0 amide bonds. The zero-order valence-corrected chi connectivity index (χ0v) is 26.0. The zero-order chi connectivity index (χ0) is 34.0. The van der Waals surface area contributed by atoms with Crippen molar-refractivity contribution in [2.24, 2.45) is 0 Å². The third-order valence-electron chi connectivity index (χ3n) is 6.94. The summed E-state index contributed by atoms with van der Waals surface area (Å²) >= 11 is 0. The van der Waals surface area contributed by atoms with Gasteiger partial charge in [-0.25, -0.2) is 4.79 Å². The van der Waals surface area contributed by atoms with Crippen LogP contribution in [0.2, 0.25) is 0 Å². The average molecular weight is 658 g/mol. The Kier molecular flexibility index (Phi) is 11.6. The number of alkyl halides is 3. The van der Waals surface area contributed by atoms with Gasteiger partial charge in [0.2, 0.25) is 5.79 Å². The van der Waals surface area contributed by atoms with Crippen molar-refractivity contribution in [1.29, 1.82) is 0 Å².